The van der Waals surface area contributed by atoms with Crippen molar-refractivity contribution in [2.45, 2.75) is 130 Å². The maximum absolute atomic E-state index is 11.8. The minimum absolute atomic E-state index is 0.0481. The number of aliphatic hydroxyl groups excluding tert-OH is 2. The van der Waals surface area contributed by atoms with Gasteiger partial charge in [0.2, 0.25) is 0 Å². The second-order valence-electron chi connectivity index (χ2n) is 14.5. The molecule has 0 amide bonds. The SMILES string of the molecule is C=C(C)CCCC(C)(O)C1CCC2(C)C1C(O)CC1C3(C)CCC(O)C(C)(C)C3CCC12C. The van der Waals surface area contributed by atoms with Crippen LogP contribution in [0.1, 0.15) is 113 Å². The van der Waals surface area contributed by atoms with E-state index in [2.05, 4.69) is 48.1 Å². The van der Waals surface area contributed by atoms with Crippen molar-refractivity contribution in [3.05, 3.63) is 12.2 Å². The lowest BCUT2D eigenvalue weighted by Gasteiger charge is -2.70. The molecule has 0 aromatic rings. The molecule has 10 atom stereocenters. The first-order chi connectivity index (χ1) is 15.1. The smallest absolute Gasteiger partial charge is 0.0651 e. The van der Waals surface area contributed by atoms with Crippen molar-refractivity contribution in [1.82, 2.24) is 0 Å². The first-order valence-electron chi connectivity index (χ1n) is 13.8. The number of hydrogen-bond acceptors (Lipinski definition) is 3. The highest BCUT2D eigenvalue weighted by molar-refractivity contribution is 5.20. The molecule has 0 spiro atoms. The van der Waals surface area contributed by atoms with Crippen molar-refractivity contribution in [2.75, 3.05) is 0 Å². The van der Waals surface area contributed by atoms with Gasteiger partial charge >= 0.3 is 0 Å². The Balaban J connectivity index is 1.65. The van der Waals surface area contributed by atoms with Gasteiger partial charge in [0.1, 0.15) is 0 Å². The average Bonchev–Trinajstić information content (AvgIpc) is 3.08. The van der Waals surface area contributed by atoms with Crippen LogP contribution in [0.3, 0.4) is 0 Å². The van der Waals surface area contributed by atoms with Gasteiger partial charge in [0, 0.05) is 0 Å². The van der Waals surface area contributed by atoms with E-state index in [9.17, 15) is 15.3 Å². The lowest BCUT2D eigenvalue weighted by atomic mass is 9.35. The number of allylic oxidation sites excluding steroid dienone is 1. The Kier molecular flexibility index (Phi) is 6.28. The van der Waals surface area contributed by atoms with Gasteiger partial charge in [0.05, 0.1) is 17.8 Å². The fourth-order valence-corrected chi connectivity index (χ4v) is 10.4. The third-order valence-corrected chi connectivity index (χ3v) is 12.5. The van der Waals surface area contributed by atoms with E-state index in [0.29, 0.717) is 11.8 Å². The quantitative estimate of drug-likeness (QED) is 0.410. The summed E-state index contributed by atoms with van der Waals surface area (Å²) in [5.74, 6) is 1.30. The van der Waals surface area contributed by atoms with Crippen LogP contribution < -0.4 is 0 Å². The Hall–Kier alpha value is -0.380. The van der Waals surface area contributed by atoms with Crippen molar-refractivity contribution < 1.29 is 15.3 Å². The maximum atomic E-state index is 11.8. The van der Waals surface area contributed by atoms with E-state index in [1.54, 1.807) is 0 Å². The molecular weight excluding hydrogens is 408 g/mol. The van der Waals surface area contributed by atoms with Crippen LogP contribution in [0, 0.1) is 45.3 Å². The molecule has 0 bridgehead atoms. The van der Waals surface area contributed by atoms with Crippen LogP contribution in [0.15, 0.2) is 12.2 Å². The summed E-state index contributed by atoms with van der Waals surface area (Å²) in [6.45, 7) is 20.2. The normalized spacial score (nSPS) is 50.6. The van der Waals surface area contributed by atoms with E-state index < -0.39 is 5.60 Å². The Morgan fingerprint density at radius 3 is 2.21 bits per heavy atom. The fourth-order valence-electron chi connectivity index (χ4n) is 10.4. The molecule has 3 heteroatoms. The molecule has 4 aliphatic carbocycles. The molecular formula is C30H52O3. The van der Waals surface area contributed by atoms with Gasteiger partial charge in [-0.2, -0.15) is 0 Å². The number of rotatable bonds is 5. The van der Waals surface area contributed by atoms with Crippen LogP contribution in [0.4, 0.5) is 0 Å². The van der Waals surface area contributed by atoms with Gasteiger partial charge in [-0.25, -0.2) is 0 Å². The molecule has 190 valence electrons. The van der Waals surface area contributed by atoms with E-state index in [1.807, 2.05) is 6.92 Å². The fraction of sp³-hybridized carbons (Fsp3) is 0.933. The summed E-state index contributed by atoms with van der Waals surface area (Å²) in [6, 6.07) is 0. The van der Waals surface area contributed by atoms with Crippen LogP contribution in [0.2, 0.25) is 0 Å². The zero-order chi connectivity index (χ0) is 24.6. The van der Waals surface area contributed by atoms with Crippen LogP contribution in [0.25, 0.3) is 0 Å². The van der Waals surface area contributed by atoms with Gasteiger partial charge in [0.15, 0.2) is 0 Å². The van der Waals surface area contributed by atoms with Crippen LogP contribution in [-0.4, -0.2) is 33.1 Å². The summed E-state index contributed by atoms with van der Waals surface area (Å²) in [5, 5.41) is 34.3. The Bertz CT molecular complexity index is 771. The number of aliphatic hydroxyl groups is 3. The minimum Gasteiger partial charge on any atom is -0.393 e. The van der Waals surface area contributed by atoms with Crippen molar-refractivity contribution in [3.8, 4) is 0 Å². The number of fused-ring (bicyclic) bond motifs is 5. The number of hydrogen-bond donors (Lipinski definition) is 3. The Morgan fingerprint density at radius 2 is 1.58 bits per heavy atom. The van der Waals surface area contributed by atoms with Gasteiger partial charge in [-0.15, -0.1) is 6.58 Å². The lowest BCUT2D eigenvalue weighted by molar-refractivity contribution is -0.246. The first kappa shape index (κ1) is 25.7. The van der Waals surface area contributed by atoms with Crippen LogP contribution >= 0.6 is 0 Å². The van der Waals surface area contributed by atoms with Crippen LogP contribution in [-0.2, 0) is 0 Å². The van der Waals surface area contributed by atoms with E-state index in [1.165, 1.54) is 18.4 Å². The van der Waals surface area contributed by atoms with Gasteiger partial charge in [0.25, 0.3) is 0 Å². The topological polar surface area (TPSA) is 60.7 Å². The first-order valence-corrected chi connectivity index (χ1v) is 13.8. The molecule has 10 unspecified atom stereocenters. The molecule has 3 N–H and O–H groups in total. The highest BCUT2D eigenvalue weighted by Crippen LogP contribution is 2.75. The summed E-state index contributed by atoms with van der Waals surface area (Å²) in [7, 11) is 0. The summed E-state index contributed by atoms with van der Waals surface area (Å²) in [6.07, 6.45) is 9.43. The zero-order valence-electron chi connectivity index (χ0n) is 22.6. The average molecular weight is 461 g/mol. The summed E-state index contributed by atoms with van der Waals surface area (Å²) < 4.78 is 0. The molecule has 0 aliphatic heterocycles. The van der Waals surface area contributed by atoms with Gasteiger partial charge in [-0.05, 0) is 123 Å². The highest BCUT2D eigenvalue weighted by Gasteiger charge is 2.71. The van der Waals surface area contributed by atoms with E-state index >= 15 is 0 Å². The zero-order valence-corrected chi connectivity index (χ0v) is 22.6. The Labute approximate surface area is 203 Å². The molecule has 4 saturated carbocycles. The molecule has 0 heterocycles. The summed E-state index contributed by atoms with van der Waals surface area (Å²) in [5.41, 5.74) is 0.755. The molecule has 4 fully saturated rings. The predicted molar refractivity (Wildman–Crippen MR) is 136 cm³/mol. The van der Waals surface area contributed by atoms with Gasteiger partial charge < -0.3 is 15.3 Å². The predicted octanol–water partition coefficient (Wildman–Crippen LogP) is 6.50. The molecule has 0 radical (unpaired) electrons. The van der Waals surface area contributed by atoms with Crippen LogP contribution in [0.5, 0.6) is 0 Å². The molecule has 0 aromatic carbocycles. The molecule has 4 aliphatic rings. The molecule has 33 heavy (non-hydrogen) atoms. The lowest BCUT2D eigenvalue weighted by Crippen LogP contribution is -2.66. The van der Waals surface area contributed by atoms with Crippen molar-refractivity contribution in [2.24, 2.45) is 45.3 Å². The van der Waals surface area contributed by atoms with E-state index in [-0.39, 0.29) is 45.7 Å². The van der Waals surface area contributed by atoms with E-state index in [0.717, 1.165) is 51.4 Å². The minimum atomic E-state index is -0.736. The standard InChI is InChI=1S/C30H52O3/c1-19(2)10-9-14-30(8,33)20-11-16-29(7)25(20)21(31)18-23-27(5)15-13-24(32)26(3,4)22(27)12-17-28(23,29)6/h20-25,31-33H,1,9-18H2,2-8H3. The molecule has 0 saturated heterocycles. The summed E-state index contributed by atoms with van der Waals surface area (Å²) in [4.78, 5) is 0. The largest absolute Gasteiger partial charge is 0.393 e. The second kappa shape index (κ2) is 8.07. The second-order valence-corrected chi connectivity index (χ2v) is 14.5. The van der Waals surface area contributed by atoms with Crippen molar-refractivity contribution in [1.29, 1.82) is 0 Å². The highest BCUT2D eigenvalue weighted by atomic mass is 16.3. The maximum Gasteiger partial charge on any atom is 0.0651 e. The summed E-state index contributed by atoms with van der Waals surface area (Å²) >= 11 is 0. The van der Waals surface area contributed by atoms with Gasteiger partial charge in [-0.3, -0.25) is 0 Å². The molecule has 3 nitrogen and oxygen atoms in total. The Morgan fingerprint density at radius 1 is 0.939 bits per heavy atom. The third-order valence-electron chi connectivity index (χ3n) is 12.5. The van der Waals surface area contributed by atoms with Crippen molar-refractivity contribution >= 4 is 0 Å². The van der Waals surface area contributed by atoms with Gasteiger partial charge in [-0.1, -0.05) is 40.2 Å². The van der Waals surface area contributed by atoms with Crippen molar-refractivity contribution in [3.63, 3.8) is 0 Å². The molecule has 4 rings (SSSR count). The molecule has 0 aromatic heterocycles. The third kappa shape index (κ3) is 3.61. The monoisotopic (exact) mass is 460 g/mol. The van der Waals surface area contributed by atoms with E-state index in [4.69, 9.17) is 0 Å².